The molecule has 0 spiro atoms. The van der Waals surface area contributed by atoms with Crippen LogP contribution in [0.4, 0.5) is 0 Å². The van der Waals surface area contributed by atoms with Gasteiger partial charge in [0, 0.05) is 6.04 Å². The summed E-state index contributed by atoms with van der Waals surface area (Å²) in [4.78, 5) is 0. The molecule has 1 N–H and O–H groups in total. The first-order valence-corrected chi connectivity index (χ1v) is 4.09. The van der Waals surface area contributed by atoms with Gasteiger partial charge in [0.15, 0.2) is 0 Å². The van der Waals surface area contributed by atoms with Gasteiger partial charge in [-0.25, -0.2) is 0 Å². The predicted molar refractivity (Wildman–Crippen MR) is 38.3 cm³/mol. The van der Waals surface area contributed by atoms with Crippen LogP contribution in [-0.2, 0) is 0 Å². The second-order valence-corrected chi connectivity index (χ2v) is 3.69. The Bertz CT molecular complexity index is 111. The summed E-state index contributed by atoms with van der Waals surface area (Å²) in [6.45, 7) is 3.61. The molecule has 1 saturated carbocycles. The van der Waals surface area contributed by atoms with Crippen LogP contribution in [0.1, 0.15) is 26.2 Å². The third kappa shape index (κ3) is 0.877. The molecule has 52 valence electrons. The molecule has 3 atom stereocenters. The van der Waals surface area contributed by atoms with E-state index >= 15 is 0 Å². The highest BCUT2D eigenvalue weighted by atomic mass is 15.0. The fraction of sp³-hybridized carbons (Fsp3) is 1.00. The molecule has 1 heterocycles. The molecule has 1 nitrogen and oxygen atoms in total. The number of piperidine rings is 1. The zero-order valence-electron chi connectivity index (χ0n) is 6.06. The summed E-state index contributed by atoms with van der Waals surface area (Å²) in [7, 11) is 0. The van der Waals surface area contributed by atoms with Crippen molar-refractivity contribution in [2.75, 3.05) is 6.54 Å². The summed E-state index contributed by atoms with van der Waals surface area (Å²) >= 11 is 0. The summed E-state index contributed by atoms with van der Waals surface area (Å²) in [6.07, 6.45) is 4.41. The summed E-state index contributed by atoms with van der Waals surface area (Å²) in [5, 5.41) is 3.57. The largest absolute Gasteiger partial charge is 0.313 e. The third-order valence-electron chi connectivity index (χ3n) is 2.85. The molecule has 0 aromatic rings. The number of nitrogens with one attached hydrogen (secondary N) is 1. The van der Waals surface area contributed by atoms with Gasteiger partial charge in [-0.1, -0.05) is 6.92 Å². The minimum atomic E-state index is 0.918. The SMILES string of the molecule is C[C@@H]1CNC2CCC2C1. The molecule has 1 aliphatic carbocycles. The minimum absolute atomic E-state index is 0.918. The number of hydrogen-bond acceptors (Lipinski definition) is 1. The molecule has 9 heavy (non-hydrogen) atoms. The molecule has 1 saturated heterocycles. The molecule has 1 heteroatoms. The van der Waals surface area contributed by atoms with Crippen LogP contribution in [0.3, 0.4) is 0 Å². The van der Waals surface area contributed by atoms with Crippen molar-refractivity contribution in [1.29, 1.82) is 0 Å². The highest BCUT2D eigenvalue weighted by Crippen LogP contribution is 2.35. The van der Waals surface area contributed by atoms with Crippen molar-refractivity contribution in [2.24, 2.45) is 11.8 Å². The van der Waals surface area contributed by atoms with E-state index in [1.165, 1.54) is 25.8 Å². The average Bonchev–Trinajstić information content (AvgIpc) is 1.78. The summed E-state index contributed by atoms with van der Waals surface area (Å²) in [6, 6.07) is 0.918. The first-order valence-electron chi connectivity index (χ1n) is 4.09. The van der Waals surface area contributed by atoms with Gasteiger partial charge in [-0.15, -0.1) is 0 Å². The molecule has 2 aliphatic rings. The Kier molecular flexibility index (Phi) is 1.26. The van der Waals surface area contributed by atoms with E-state index in [1.54, 1.807) is 0 Å². The fourth-order valence-electron chi connectivity index (χ4n) is 2.07. The van der Waals surface area contributed by atoms with E-state index in [4.69, 9.17) is 0 Å². The normalized spacial score (nSPS) is 49.7. The molecular formula is C8H15N. The Labute approximate surface area is 56.8 Å². The van der Waals surface area contributed by atoms with E-state index in [0.717, 1.165) is 17.9 Å². The Morgan fingerprint density at radius 3 is 2.67 bits per heavy atom. The van der Waals surface area contributed by atoms with Crippen LogP contribution in [0.5, 0.6) is 0 Å². The lowest BCUT2D eigenvalue weighted by Gasteiger charge is -2.43. The van der Waals surface area contributed by atoms with Crippen molar-refractivity contribution in [3.05, 3.63) is 0 Å². The van der Waals surface area contributed by atoms with Crippen molar-refractivity contribution in [3.8, 4) is 0 Å². The van der Waals surface area contributed by atoms with Crippen LogP contribution in [0.25, 0.3) is 0 Å². The molecule has 0 aromatic carbocycles. The third-order valence-corrected chi connectivity index (χ3v) is 2.85. The van der Waals surface area contributed by atoms with Crippen LogP contribution in [0, 0.1) is 11.8 Å². The van der Waals surface area contributed by atoms with Crippen LogP contribution in [0.2, 0.25) is 0 Å². The van der Waals surface area contributed by atoms with Gasteiger partial charge in [0.25, 0.3) is 0 Å². The van der Waals surface area contributed by atoms with E-state index in [1.807, 2.05) is 0 Å². The van der Waals surface area contributed by atoms with Crippen LogP contribution in [-0.4, -0.2) is 12.6 Å². The molecule has 0 amide bonds. The maximum Gasteiger partial charge on any atom is 0.00956 e. The summed E-state index contributed by atoms with van der Waals surface area (Å²) in [5.74, 6) is 1.99. The minimum Gasteiger partial charge on any atom is -0.313 e. The van der Waals surface area contributed by atoms with Crippen molar-refractivity contribution in [1.82, 2.24) is 5.32 Å². The Morgan fingerprint density at radius 1 is 1.33 bits per heavy atom. The quantitative estimate of drug-likeness (QED) is 0.516. The van der Waals surface area contributed by atoms with Crippen molar-refractivity contribution in [3.63, 3.8) is 0 Å². The molecule has 0 bridgehead atoms. The molecule has 2 rings (SSSR count). The molecule has 0 radical (unpaired) electrons. The van der Waals surface area contributed by atoms with Gasteiger partial charge in [0.2, 0.25) is 0 Å². The lowest BCUT2D eigenvalue weighted by atomic mass is 9.72. The molecule has 1 aliphatic heterocycles. The van der Waals surface area contributed by atoms with Crippen molar-refractivity contribution in [2.45, 2.75) is 32.2 Å². The van der Waals surface area contributed by atoms with Crippen molar-refractivity contribution >= 4 is 0 Å². The average molecular weight is 125 g/mol. The predicted octanol–water partition coefficient (Wildman–Crippen LogP) is 1.39. The lowest BCUT2D eigenvalue weighted by Crippen LogP contribution is -2.50. The molecule has 2 fully saturated rings. The Balaban J connectivity index is 1.92. The van der Waals surface area contributed by atoms with E-state index in [-0.39, 0.29) is 0 Å². The van der Waals surface area contributed by atoms with Gasteiger partial charge in [0.05, 0.1) is 0 Å². The van der Waals surface area contributed by atoms with Gasteiger partial charge >= 0.3 is 0 Å². The van der Waals surface area contributed by atoms with Gasteiger partial charge < -0.3 is 5.32 Å². The first-order chi connectivity index (χ1) is 4.36. The Morgan fingerprint density at radius 2 is 2.22 bits per heavy atom. The van der Waals surface area contributed by atoms with E-state index < -0.39 is 0 Å². The van der Waals surface area contributed by atoms with E-state index in [2.05, 4.69) is 12.2 Å². The topological polar surface area (TPSA) is 12.0 Å². The summed E-state index contributed by atoms with van der Waals surface area (Å²) < 4.78 is 0. The molecular weight excluding hydrogens is 110 g/mol. The van der Waals surface area contributed by atoms with Gasteiger partial charge in [-0.05, 0) is 37.6 Å². The molecule has 0 aromatic heterocycles. The maximum atomic E-state index is 3.57. The van der Waals surface area contributed by atoms with E-state index in [0.29, 0.717) is 0 Å². The monoisotopic (exact) mass is 125 g/mol. The number of rotatable bonds is 0. The van der Waals surface area contributed by atoms with Crippen LogP contribution < -0.4 is 5.32 Å². The zero-order chi connectivity index (χ0) is 6.27. The van der Waals surface area contributed by atoms with Crippen molar-refractivity contribution < 1.29 is 0 Å². The van der Waals surface area contributed by atoms with Gasteiger partial charge in [-0.2, -0.15) is 0 Å². The fourth-order valence-corrected chi connectivity index (χ4v) is 2.07. The summed E-state index contributed by atoms with van der Waals surface area (Å²) in [5.41, 5.74) is 0. The number of fused-ring (bicyclic) bond motifs is 1. The van der Waals surface area contributed by atoms with Crippen LogP contribution >= 0.6 is 0 Å². The standard InChI is InChI=1S/C8H15N/c1-6-4-7-2-3-8(7)9-5-6/h6-9H,2-5H2,1H3/t6-,7?,8?/m0/s1. The highest BCUT2D eigenvalue weighted by molar-refractivity contribution is 4.91. The second-order valence-electron chi connectivity index (χ2n) is 3.69. The second kappa shape index (κ2) is 1.98. The van der Waals surface area contributed by atoms with Gasteiger partial charge in [0.1, 0.15) is 0 Å². The molecule has 2 unspecified atom stereocenters. The lowest BCUT2D eigenvalue weighted by molar-refractivity contribution is 0.128. The van der Waals surface area contributed by atoms with E-state index in [9.17, 15) is 0 Å². The van der Waals surface area contributed by atoms with Gasteiger partial charge in [-0.3, -0.25) is 0 Å². The highest BCUT2D eigenvalue weighted by Gasteiger charge is 2.34. The Hall–Kier alpha value is -0.0400. The maximum absolute atomic E-state index is 3.57. The zero-order valence-corrected chi connectivity index (χ0v) is 6.06. The smallest absolute Gasteiger partial charge is 0.00956 e. The number of hydrogen-bond donors (Lipinski definition) is 1. The first kappa shape index (κ1) is 5.72. The van der Waals surface area contributed by atoms with Crippen LogP contribution in [0.15, 0.2) is 0 Å².